The van der Waals surface area contributed by atoms with Gasteiger partial charge in [0, 0.05) is 55.6 Å². The first-order valence-corrected chi connectivity index (χ1v) is 14.1. The number of aromatic nitrogens is 2. The molecule has 0 amide bonds. The Morgan fingerprint density at radius 3 is 2.37 bits per heavy atom. The average Bonchev–Trinajstić information content (AvgIpc) is 3.57. The van der Waals surface area contributed by atoms with Gasteiger partial charge >= 0.3 is 0 Å². The van der Waals surface area contributed by atoms with E-state index in [0.717, 1.165) is 44.1 Å². The molecule has 4 heterocycles. The van der Waals surface area contributed by atoms with Crippen molar-refractivity contribution in [1.29, 1.82) is 0 Å². The summed E-state index contributed by atoms with van der Waals surface area (Å²) in [5.74, 6) is 0. The first-order chi connectivity index (χ1) is 20.1. The van der Waals surface area contributed by atoms with Crippen LogP contribution >= 0.6 is 11.3 Å². The molecule has 0 spiro atoms. The van der Waals surface area contributed by atoms with Gasteiger partial charge in [0.2, 0.25) is 0 Å². The molecule has 207 valence electrons. The van der Waals surface area contributed by atoms with Gasteiger partial charge in [-0.05, 0) is 54.4 Å². The second-order valence-electron chi connectivity index (χ2n) is 10.7. The Bertz CT molecular complexity index is 1970. The first kappa shape index (κ1) is 26.3. The number of rotatable bonds is 3. The summed E-state index contributed by atoms with van der Waals surface area (Å²) in [5.41, 5.74) is 5.13. The van der Waals surface area contributed by atoms with Gasteiger partial charge in [-0.15, -0.1) is 65.4 Å². The Kier molecular flexibility index (Phi) is 7.74. The minimum absolute atomic E-state index is 0. The van der Waals surface area contributed by atoms with Crippen LogP contribution in [-0.2, 0) is 26.5 Å². The van der Waals surface area contributed by atoms with Crippen LogP contribution in [0.1, 0.15) is 34.0 Å². The van der Waals surface area contributed by atoms with E-state index in [2.05, 4.69) is 47.2 Å². The topological polar surface area (TPSA) is 38.9 Å². The normalized spacial score (nSPS) is 12.4. The Balaban J connectivity index is 0.000000238. The number of aryl methyl sites for hydroxylation is 1. The summed E-state index contributed by atoms with van der Waals surface area (Å²) in [6.45, 7) is 7.84. The molecule has 3 aromatic carbocycles. The molecular formula is C36H30IrN2OS-2. The Morgan fingerprint density at radius 1 is 0.805 bits per heavy atom. The predicted octanol–water partition coefficient (Wildman–Crippen LogP) is 10.1. The summed E-state index contributed by atoms with van der Waals surface area (Å²) in [5, 5.41) is 3.23. The van der Waals surface area contributed by atoms with Crippen molar-refractivity contribution in [1.82, 2.24) is 9.97 Å². The molecule has 0 aliphatic carbocycles. The quantitative estimate of drug-likeness (QED) is 0.170. The second kappa shape index (κ2) is 12.1. The smallest absolute Gasteiger partial charge is 0.129 e. The van der Waals surface area contributed by atoms with Gasteiger partial charge < -0.3 is 14.4 Å². The molecule has 3 nitrogen and oxygen atoms in total. The number of furan rings is 1. The molecule has 0 fully saturated rings. The second-order valence-corrected chi connectivity index (χ2v) is 12.0. The third kappa shape index (κ3) is 6.33. The van der Waals surface area contributed by atoms with E-state index < -0.39 is 11.8 Å². The molecule has 7 rings (SSSR count). The number of hydrogen-bond acceptors (Lipinski definition) is 4. The fourth-order valence-corrected chi connectivity index (χ4v) is 5.70. The molecule has 0 N–H and O–H groups in total. The van der Waals surface area contributed by atoms with E-state index in [-0.39, 0.29) is 20.1 Å². The molecule has 5 heteroatoms. The number of fused-ring (bicyclic) bond motifs is 5. The summed E-state index contributed by atoms with van der Waals surface area (Å²) in [4.78, 5) is 10.0. The molecule has 0 unspecified atom stereocenters. The zero-order valence-corrected chi connectivity index (χ0v) is 26.5. The van der Waals surface area contributed by atoms with Gasteiger partial charge in [0.05, 0.1) is 5.58 Å². The maximum Gasteiger partial charge on any atom is 0.129 e. The van der Waals surface area contributed by atoms with E-state index in [9.17, 15) is 0 Å². The van der Waals surface area contributed by atoms with Crippen LogP contribution in [0, 0.1) is 24.5 Å². The van der Waals surface area contributed by atoms with Crippen LogP contribution in [0.15, 0.2) is 102 Å². The zero-order valence-electron chi connectivity index (χ0n) is 25.3. The molecule has 0 aliphatic heterocycles. The summed E-state index contributed by atoms with van der Waals surface area (Å²) in [6, 6.07) is 34.0. The number of thiophene rings is 1. The number of nitrogens with zero attached hydrogens (tertiary/aromatic N) is 2. The van der Waals surface area contributed by atoms with Crippen molar-refractivity contribution in [2.24, 2.45) is 5.41 Å². The van der Waals surface area contributed by atoms with Gasteiger partial charge in [-0.2, -0.15) is 0 Å². The van der Waals surface area contributed by atoms with Crippen molar-refractivity contribution in [2.45, 2.75) is 34.1 Å². The van der Waals surface area contributed by atoms with Crippen LogP contribution in [0.5, 0.6) is 0 Å². The van der Waals surface area contributed by atoms with Gasteiger partial charge in [-0.25, -0.2) is 0 Å². The molecule has 0 bridgehead atoms. The molecule has 1 radical (unpaired) electrons. The van der Waals surface area contributed by atoms with Crippen LogP contribution in [-0.4, -0.2) is 9.97 Å². The minimum atomic E-state index is -1.49. The first-order valence-electron chi connectivity index (χ1n) is 14.2. The molecule has 0 atom stereocenters. The van der Waals surface area contributed by atoms with E-state index in [4.69, 9.17) is 7.16 Å². The standard InChI is InChI=1S/C25H22NOS.C11H8N.Ir/c1-15-12-20-22(28-15)9-8-18-17-6-5-7-19(23(17)27-24(18)20)21-13-16(10-11-26-21)14-25(2,3)4;1-2-6-10(7-3-1)11-8-4-5-9-12-11;/h5-6,8-13H,14H2,1-4H3;1-6,8-9H;/q2*-1;/i14D2;;. The van der Waals surface area contributed by atoms with Gasteiger partial charge in [-0.1, -0.05) is 61.5 Å². The fourth-order valence-electron chi connectivity index (χ4n) is 4.78. The largest absolute Gasteiger partial charge is 0.500 e. The minimum Gasteiger partial charge on any atom is -0.500 e. The van der Waals surface area contributed by atoms with Crippen molar-refractivity contribution in [3.05, 3.63) is 120 Å². The summed E-state index contributed by atoms with van der Waals surface area (Å²) in [6.07, 6.45) is 1.97. The molecule has 4 aromatic heterocycles. The predicted molar refractivity (Wildman–Crippen MR) is 168 cm³/mol. The maximum atomic E-state index is 8.63. The van der Waals surface area contributed by atoms with E-state index in [1.165, 1.54) is 9.58 Å². The summed E-state index contributed by atoms with van der Waals surface area (Å²) in [7, 11) is 0. The molecule has 0 saturated carbocycles. The van der Waals surface area contributed by atoms with Crippen LogP contribution in [0.3, 0.4) is 0 Å². The average molecular weight is 733 g/mol. The van der Waals surface area contributed by atoms with Gasteiger partial charge in [0.25, 0.3) is 0 Å². The van der Waals surface area contributed by atoms with E-state index >= 15 is 0 Å². The molecule has 7 aromatic rings. The Labute approximate surface area is 261 Å². The molecule has 41 heavy (non-hydrogen) atoms. The number of pyridine rings is 2. The van der Waals surface area contributed by atoms with Crippen molar-refractivity contribution in [3.8, 4) is 22.5 Å². The SMILES string of the molecule is [2H]C([2H])(c1ccnc(-c2[c-]ccc3c2oc2c4cc(C)sc4ccc32)c1)C(C)(C)C.[Ir].[c-]1ccccc1-c1ccccn1. The third-order valence-electron chi connectivity index (χ3n) is 6.40. The monoisotopic (exact) mass is 733 g/mol. The fraction of sp³-hybridized carbons (Fsp3) is 0.167. The Hall–Kier alpha value is -3.63. The van der Waals surface area contributed by atoms with E-state index in [1.807, 2.05) is 81.4 Å². The van der Waals surface area contributed by atoms with Crippen molar-refractivity contribution in [2.75, 3.05) is 0 Å². The third-order valence-corrected chi connectivity index (χ3v) is 7.42. The van der Waals surface area contributed by atoms with Crippen molar-refractivity contribution >= 4 is 43.4 Å². The van der Waals surface area contributed by atoms with E-state index in [0.29, 0.717) is 11.3 Å². The van der Waals surface area contributed by atoms with Crippen LogP contribution in [0.4, 0.5) is 0 Å². The molecule has 0 saturated heterocycles. The van der Waals surface area contributed by atoms with Crippen molar-refractivity contribution < 1.29 is 27.3 Å². The van der Waals surface area contributed by atoms with Gasteiger partial charge in [0.1, 0.15) is 5.58 Å². The van der Waals surface area contributed by atoms with Crippen LogP contribution in [0.2, 0.25) is 0 Å². The zero-order chi connectivity index (χ0) is 29.5. The van der Waals surface area contributed by atoms with Gasteiger partial charge in [-0.3, -0.25) is 0 Å². The van der Waals surface area contributed by atoms with E-state index in [1.54, 1.807) is 29.8 Å². The number of hydrogen-bond donors (Lipinski definition) is 0. The number of benzene rings is 3. The van der Waals surface area contributed by atoms with Gasteiger partial charge in [0.15, 0.2) is 0 Å². The molecule has 0 aliphatic rings. The Morgan fingerprint density at radius 2 is 1.61 bits per heavy atom. The maximum absolute atomic E-state index is 8.63. The summed E-state index contributed by atoms with van der Waals surface area (Å²) < 4.78 is 24.9. The summed E-state index contributed by atoms with van der Waals surface area (Å²) >= 11 is 1.76. The van der Waals surface area contributed by atoms with Crippen molar-refractivity contribution in [3.63, 3.8) is 0 Å². The molecular weight excluding hydrogens is 701 g/mol. The van der Waals surface area contributed by atoms with Crippen LogP contribution < -0.4 is 0 Å². The van der Waals surface area contributed by atoms with Crippen LogP contribution in [0.25, 0.3) is 54.5 Å².